The number of nitrogens with zero attached hydrogens (tertiary/aromatic N) is 3. The fraction of sp³-hybridized carbons (Fsp3) is 0.0833. The minimum atomic E-state index is -0.288. The highest BCUT2D eigenvalue weighted by Gasteiger charge is 2.10. The summed E-state index contributed by atoms with van der Waals surface area (Å²) in [4.78, 5) is 18.2. The molecule has 0 spiro atoms. The van der Waals surface area contributed by atoms with E-state index in [1.807, 2.05) is 31.2 Å². The van der Waals surface area contributed by atoms with Crippen molar-refractivity contribution in [2.75, 3.05) is 5.73 Å². The highest BCUT2D eigenvalue weighted by Crippen LogP contribution is 2.19. The minimum absolute atomic E-state index is 0.265. The van der Waals surface area contributed by atoms with Crippen LogP contribution >= 0.6 is 0 Å². The van der Waals surface area contributed by atoms with Gasteiger partial charge in [0, 0.05) is 11.6 Å². The number of nitrogens with two attached hydrogens (primary N) is 1. The predicted molar refractivity (Wildman–Crippen MR) is 68.2 cm³/mol. The van der Waals surface area contributed by atoms with Gasteiger partial charge in [-0.1, -0.05) is 24.3 Å². The highest BCUT2D eigenvalue weighted by atomic mass is 16.1. The van der Waals surface area contributed by atoms with Crippen molar-refractivity contribution in [2.45, 2.75) is 6.92 Å². The average molecular weight is 241 g/mol. The van der Waals surface area contributed by atoms with E-state index in [4.69, 9.17) is 5.73 Å². The number of rotatable bonds is 1. The number of fused-ring (bicyclic) bond motifs is 1. The lowest BCUT2D eigenvalue weighted by Gasteiger charge is -1.98. The lowest BCUT2D eigenvalue weighted by Crippen LogP contribution is -2.11. The van der Waals surface area contributed by atoms with Crippen LogP contribution in [0.3, 0.4) is 0 Å². The van der Waals surface area contributed by atoms with E-state index < -0.39 is 0 Å². The molecular formula is C12H11N5O. The fourth-order valence-corrected chi connectivity index (χ4v) is 1.85. The molecule has 0 radical (unpaired) electrons. The highest BCUT2D eigenvalue weighted by molar-refractivity contribution is 5.61. The second-order valence-corrected chi connectivity index (χ2v) is 4.04. The number of nitrogens with one attached hydrogen (secondary N) is 1. The van der Waals surface area contributed by atoms with Crippen molar-refractivity contribution in [3.63, 3.8) is 0 Å². The lowest BCUT2D eigenvalue weighted by molar-refractivity contribution is 0.946. The SMILES string of the molecule is Cc1ccccc1-c1nc2[nH]c(=O)cc(N)n2n1. The third-order valence-corrected chi connectivity index (χ3v) is 2.75. The Bertz CT molecular complexity index is 787. The zero-order valence-electron chi connectivity index (χ0n) is 9.71. The first-order valence-electron chi connectivity index (χ1n) is 5.47. The van der Waals surface area contributed by atoms with E-state index in [0.717, 1.165) is 11.1 Å². The minimum Gasteiger partial charge on any atom is -0.383 e. The van der Waals surface area contributed by atoms with Gasteiger partial charge in [0.15, 0.2) is 5.82 Å². The summed E-state index contributed by atoms with van der Waals surface area (Å²) < 4.78 is 1.42. The van der Waals surface area contributed by atoms with Crippen LogP contribution in [0.25, 0.3) is 17.2 Å². The van der Waals surface area contributed by atoms with Crippen molar-refractivity contribution in [1.29, 1.82) is 0 Å². The lowest BCUT2D eigenvalue weighted by atomic mass is 10.1. The molecule has 0 unspecified atom stereocenters. The van der Waals surface area contributed by atoms with E-state index in [0.29, 0.717) is 11.6 Å². The van der Waals surface area contributed by atoms with Crippen LogP contribution in [0.2, 0.25) is 0 Å². The standard InChI is InChI=1S/C12H11N5O/c1-7-4-2-3-5-8(7)11-15-12-14-10(18)6-9(13)17(12)16-11/h2-6H,13H2,1H3,(H,14,15,16,18). The number of aromatic nitrogens is 4. The smallest absolute Gasteiger partial charge is 0.254 e. The number of hydrogen-bond acceptors (Lipinski definition) is 4. The number of nitrogen functional groups attached to an aromatic ring is 1. The van der Waals surface area contributed by atoms with Gasteiger partial charge in [-0.2, -0.15) is 9.50 Å². The molecule has 0 amide bonds. The Labute approximate surface area is 102 Å². The van der Waals surface area contributed by atoms with E-state index in [1.165, 1.54) is 10.6 Å². The van der Waals surface area contributed by atoms with Crippen LogP contribution in [0.5, 0.6) is 0 Å². The zero-order chi connectivity index (χ0) is 12.7. The molecule has 3 N–H and O–H groups in total. The van der Waals surface area contributed by atoms with Crippen LogP contribution in [-0.2, 0) is 0 Å². The molecule has 2 heterocycles. The molecule has 0 saturated carbocycles. The number of aryl methyl sites for hydroxylation is 1. The summed E-state index contributed by atoms with van der Waals surface area (Å²) in [6.07, 6.45) is 0. The van der Waals surface area contributed by atoms with Crippen LogP contribution in [0, 0.1) is 6.92 Å². The van der Waals surface area contributed by atoms with E-state index >= 15 is 0 Å². The first-order chi connectivity index (χ1) is 8.65. The third-order valence-electron chi connectivity index (χ3n) is 2.75. The molecule has 6 heteroatoms. The van der Waals surface area contributed by atoms with Crippen molar-refractivity contribution in [3.8, 4) is 11.4 Å². The number of anilines is 1. The number of hydrogen-bond donors (Lipinski definition) is 2. The molecule has 0 saturated heterocycles. The zero-order valence-corrected chi connectivity index (χ0v) is 9.71. The van der Waals surface area contributed by atoms with Crippen molar-refractivity contribution in [1.82, 2.24) is 19.6 Å². The van der Waals surface area contributed by atoms with Gasteiger partial charge in [-0.3, -0.25) is 9.78 Å². The van der Waals surface area contributed by atoms with Crippen LogP contribution in [-0.4, -0.2) is 19.6 Å². The summed E-state index contributed by atoms with van der Waals surface area (Å²) >= 11 is 0. The average Bonchev–Trinajstić information content (AvgIpc) is 2.73. The maximum Gasteiger partial charge on any atom is 0.254 e. The molecule has 0 atom stereocenters. The third kappa shape index (κ3) is 1.55. The molecule has 90 valence electrons. The first-order valence-corrected chi connectivity index (χ1v) is 5.47. The molecule has 0 aliphatic rings. The van der Waals surface area contributed by atoms with Crippen LogP contribution in [0.1, 0.15) is 5.56 Å². The summed E-state index contributed by atoms with van der Waals surface area (Å²) in [5, 5.41) is 4.29. The first kappa shape index (κ1) is 10.5. The molecule has 18 heavy (non-hydrogen) atoms. The normalized spacial score (nSPS) is 10.9. The van der Waals surface area contributed by atoms with Crippen molar-refractivity contribution < 1.29 is 0 Å². The number of benzene rings is 1. The van der Waals surface area contributed by atoms with Gasteiger partial charge in [0.1, 0.15) is 5.82 Å². The summed E-state index contributed by atoms with van der Waals surface area (Å²) in [6.45, 7) is 1.98. The van der Waals surface area contributed by atoms with E-state index in [2.05, 4.69) is 15.1 Å². The maximum atomic E-state index is 11.3. The van der Waals surface area contributed by atoms with Crippen molar-refractivity contribution >= 4 is 11.6 Å². The van der Waals surface area contributed by atoms with Gasteiger partial charge in [-0.15, -0.1) is 5.10 Å². The van der Waals surface area contributed by atoms with Gasteiger partial charge in [0.05, 0.1) is 0 Å². The number of aromatic amines is 1. The molecular weight excluding hydrogens is 230 g/mol. The Balaban J connectivity index is 2.29. The molecule has 0 aliphatic heterocycles. The Hall–Kier alpha value is -2.63. The van der Waals surface area contributed by atoms with Crippen LogP contribution < -0.4 is 11.3 Å². The Morgan fingerprint density at radius 2 is 2.11 bits per heavy atom. The summed E-state index contributed by atoms with van der Waals surface area (Å²) in [6, 6.07) is 9.06. The van der Waals surface area contributed by atoms with E-state index in [9.17, 15) is 4.79 Å². The maximum absolute atomic E-state index is 11.3. The molecule has 0 aliphatic carbocycles. The van der Waals surface area contributed by atoms with Crippen molar-refractivity contribution in [3.05, 3.63) is 46.2 Å². The van der Waals surface area contributed by atoms with E-state index in [-0.39, 0.29) is 11.4 Å². The predicted octanol–water partition coefficient (Wildman–Crippen LogP) is 0.975. The van der Waals surface area contributed by atoms with Crippen molar-refractivity contribution in [2.24, 2.45) is 0 Å². The summed E-state index contributed by atoms with van der Waals surface area (Å²) in [5.41, 5.74) is 7.42. The molecule has 0 fully saturated rings. The Morgan fingerprint density at radius 1 is 1.33 bits per heavy atom. The van der Waals surface area contributed by atoms with Crippen LogP contribution in [0.4, 0.5) is 5.82 Å². The van der Waals surface area contributed by atoms with Crippen LogP contribution in [0.15, 0.2) is 35.1 Å². The second-order valence-electron chi connectivity index (χ2n) is 4.04. The number of H-pyrrole nitrogens is 1. The van der Waals surface area contributed by atoms with Gasteiger partial charge in [0.2, 0.25) is 5.78 Å². The monoisotopic (exact) mass is 241 g/mol. The summed E-state index contributed by atoms with van der Waals surface area (Å²) in [7, 11) is 0. The van der Waals surface area contributed by atoms with E-state index in [1.54, 1.807) is 0 Å². The summed E-state index contributed by atoms with van der Waals surface area (Å²) in [5.74, 6) is 1.15. The van der Waals surface area contributed by atoms with Gasteiger partial charge >= 0.3 is 0 Å². The Kier molecular flexibility index (Phi) is 2.16. The molecule has 3 rings (SSSR count). The Morgan fingerprint density at radius 3 is 2.89 bits per heavy atom. The molecule has 1 aromatic carbocycles. The topological polar surface area (TPSA) is 89.1 Å². The molecule has 3 aromatic rings. The molecule has 0 bridgehead atoms. The largest absolute Gasteiger partial charge is 0.383 e. The fourth-order valence-electron chi connectivity index (χ4n) is 1.85. The van der Waals surface area contributed by atoms with Gasteiger partial charge < -0.3 is 5.73 Å². The van der Waals surface area contributed by atoms with Gasteiger partial charge in [0.25, 0.3) is 5.56 Å². The van der Waals surface area contributed by atoms with Gasteiger partial charge in [-0.05, 0) is 12.5 Å². The molecule has 2 aromatic heterocycles. The molecule has 6 nitrogen and oxygen atoms in total. The second kappa shape index (κ2) is 3.69. The quantitative estimate of drug-likeness (QED) is 0.664. The van der Waals surface area contributed by atoms with Gasteiger partial charge in [-0.25, -0.2) is 0 Å².